The SMILES string of the molecule is CN(C)c1nc(N)nc(CSc2nc3c(cc2C#N)CCCC3)n1. The van der Waals surface area contributed by atoms with E-state index in [2.05, 4.69) is 21.0 Å². The summed E-state index contributed by atoms with van der Waals surface area (Å²) >= 11 is 1.47. The van der Waals surface area contributed by atoms with Crippen LogP contribution in [0.3, 0.4) is 0 Å². The van der Waals surface area contributed by atoms with Crippen molar-refractivity contribution < 1.29 is 0 Å². The Labute approximate surface area is 145 Å². The van der Waals surface area contributed by atoms with Gasteiger partial charge in [-0.1, -0.05) is 11.8 Å². The highest BCUT2D eigenvalue weighted by Crippen LogP contribution is 2.28. The summed E-state index contributed by atoms with van der Waals surface area (Å²) in [5.74, 6) is 1.80. The predicted molar refractivity (Wildman–Crippen MR) is 93.7 cm³/mol. The summed E-state index contributed by atoms with van der Waals surface area (Å²) in [5.41, 5.74) is 8.70. The number of hydrogen-bond donors (Lipinski definition) is 1. The van der Waals surface area contributed by atoms with Gasteiger partial charge in [0, 0.05) is 19.8 Å². The summed E-state index contributed by atoms with van der Waals surface area (Å²) in [6.45, 7) is 0. The van der Waals surface area contributed by atoms with E-state index in [1.165, 1.54) is 23.7 Å². The molecule has 0 aliphatic heterocycles. The number of thioether (sulfide) groups is 1. The van der Waals surface area contributed by atoms with Crippen LogP contribution in [0.25, 0.3) is 0 Å². The molecule has 0 saturated carbocycles. The molecule has 7 nitrogen and oxygen atoms in total. The fourth-order valence-electron chi connectivity index (χ4n) is 2.63. The number of pyridine rings is 1. The quantitative estimate of drug-likeness (QED) is 0.841. The molecular weight excluding hydrogens is 322 g/mol. The summed E-state index contributed by atoms with van der Waals surface area (Å²) < 4.78 is 0. The van der Waals surface area contributed by atoms with Crippen LogP contribution in [0.1, 0.15) is 35.5 Å². The van der Waals surface area contributed by atoms with E-state index in [1.54, 1.807) is 4.90 Å². The van der Waals surface area contributed by atoms with Gasteiger partial charge in [0.2, 0.25) is 11.9 Å². The third-order valence-corrected chi connectivity index (χ3v) is 4.80. The highest BCUT2D eigenvalue weighted by Gasteiger charge is 2.16. The van der Waals surface area contributed by atoms with E-state index in [-0.39, 0.29) is 5.95 Å². The van der Waals surface area contributed by atoms with Crippen LogP contribution < -0.4 is 10.6 Å². The van der Waals surface area contributed by atoms with Crippen LogP contribution >= 0.6 is 11.8 Å². The van der Waals surface area contributed by atoms with Crippen LogP contribution in [0.5, 0.6) is 0 Å². The molecule has 0 radical (unpaired) electrons. The number of nitrogens with two attached hydrogens (primary N) is 1. The molecule has 0 atom stereocenters. The smallest absolute Gasteiger partial charge is 0.229 e. The second-order valence-electron chi connectivity index (χ2n) is 5.86. The van der Waals surface area contributed by atoms with E-state index in [1.807, 2.05) is 20.2 Å². The van der Waals surface area contributed by atoms with Crippen LogP contribution in [0.15, 0.2) is 11.1 Å². The maximum absolute atomic E-state index is 9.41. The van der Waals surface area contributed by atoms with Crippen molar-refractivity contribution in [3.63, 3.8) is 0 Å². The summed E-state index contributed by atoms with van der Waals surface area (Å²) in [6.07, 6.45) is 4.33. The molecule has 2 N–H and O–H groups in total. The van der Waals surface area contributed by atoms with E-state index in [9.17, 15) is 5.26 Å². The van der Waals surface area contributed by atoms with Gasteiger partial charge < -0.3 is 10.6 Å². The molecule has 8 heteroatoms. The van der Waals surface area contributed by atoms with Crippen molar-refractivity contribution in [3.8, 4) is 6.07 Å². The Balaban J connectivity index is 1.83. The lowest BCUT2D eigenvalue weighted by molar-refractivity contribution is 0.660. The van der Waals surface area contributed by atoms with Crippen molar-refractivity contribution >= 4 is 23.7 Å². The van der Waals surface area contributed by atoms with E-state index < -0.39 is 0 Å². The molecule has 0 aromatic carbocycles. The standard InChI is InChI=1S/C16H19N7S/c1-23(2)16-21-13(20-15(18)22-16)9-24-14-11(8-17)7-10-5-3-4-6-12(10)19-14/h7H,3-6,9H2,1-2H3,(H2,18,20,21,22). The minimum Gasteiger partial charge on any atom is -0.368 e. The maximum Gasteiger partial charge on any atom is 0.229 e. The fourth-order valence-corrected chi connectivity index (χ4v) is 3.46. The lowest BCUT2D eigenvalue weighted by Gasteiger charge is -2.16. The average molecular weight is 341 g/mol. The molecule has 3 rings (SSSR count). The Morgan fingerprint density at radius 2 is 2.00 bits per heavy atom. The highest BCUT2D eigenvalue weighted by atomic mass is 32.2. The zero-order valence-corrected chi connectivity index (χ0v) is 14.6. The summed E-state index contributed by atoms with van der Waals surface area (Å²) in [5, 5.41) is 10.1. The lowest BCUT2D eigenvalue weighted by Crippen LogP contribution is -2.16. The maximum atomic E-state index is 9.41. The van der Waals surface area contributed by atoms with Crippen LogP contribution in [0.4, 0.5) is 11.9 Å². The zero-order valence-electron chi connectivity index (χ0n) is 13.8. The molecule has 2 aromatic heterocycles. The minimum atomic E-state index is 0.197. The number of nitriles is 1. The van der Waals surface area contributed by atoms with Crippen molar-refractivity contribution in [3.05, 3.63) is 28.7 Å². The van der Waals surface area contributed by atoms with Crippen molar-refractivity contribution in [2.45, 2.75) is 36.5 Å². The molecule has 124 valence electrons. The average Bonchev–Trinajstić information content (AvgIpc) is 2.58. The first-order valence-corrected chi connectivity index (χ1v) is 8.79. The van der Waals surface area contributed by atoms with Gasteiger partial charge >= 0.3 is 0 Å². The topological polar surface area (TPSA) is 105 Å². The molecule has 0 amide bonds. The summed E-state index contributed by atoms with van der Waals surface area (Å²) in [6, 6.07) is 4.24. The Kier molecular flexibility index (Phi) is 4.81. The van der Waals surface area contributed by atoms with Gasteiger partial charge in [-0.05, 0) is 37.3 Å². The number of aromatic nitrogens is 4. The highest BCUT2D eigenvalue weighted by molar-refractivity contribution is 7.98. The van der Waals surface area contributed by atoms with Gasteiger partial charge in [-0.15, -0.1) is 0 Å². The van der Waals surface area contributed by atoms with Crippen LogP contribution in [0, 0.1) is 11.3 Å². The normalized spacial score (nSPS) is 13.2. The Bertz CT molecular complexity index is 798. The Hall–Kier alpha value is -2.40. The first-order chi connectivity index (χ1) is 11.6. The van der Waals surface area contributed by atoms with Crippen LogP contribution in [-0.2, 0) is 18.6 Å². The Morgan fingerprint density at radius 1 is 1.21 bits per heavy atom. The van der Waals surface area contributed by atoms with E-state index >= 15 is 0 Å². The van der Waals surface area contributed by atoms with Crippen LogP contribution in [0.2, 0.25) is 0 Å². The van der Waals surface area contributed by atoms with E-state index in [0.29, 0.717) is 23.1 Å². The molecule has 0 bridgehead atoms. The van der Waals surface area contributed by atoms with E-state index in [4.69, 9.17) is 10.7 Å². The lowest BCUT2D eigenvalue weighted by atomic mass is 9.95. The second-order valence-corrected chi connectivity index (χ2v) is 6.82. The number of anilines is 2. The first kappa shape index (κ1) is 16.5. The summed E-state index contributed by atoms with van der Waals surface area (Å²) in [7, 11) is 3.70. The van der Waals surface area contributed by atoms with Gasteiger partial charge in [-0.25, -0.2) is 4.98 Å². The van der Waals surface area contributed by atoms with Crippen molar-refractivity contribution in [1.82, 2.24) is 19.9 Å². The number of aryl methyl sites for hydroxylation is 2. The number of fused-ring (bicyclic) bond motifs is 1. The predicted octanol–water partition coefficient (Wildman–Crippen LogP) is 1.96. The largest absolute Gasteiger partial charge is 0.368 e. The molecule has 2 aromatic rings. The molecule has 1 aliphatic rings. The van der Waals surface area contributed by atoms with E-state index in [0.717, 1.165) is 30.0 Å². The third-order valence-electron chi connectivity index (χ3n) is 3.81. The molecular formula is C16H19N7S. The molecule has 0 spiro atoms. The number of rotatable bonds is 4. The number of hydrogen-bond acceptors (Lipinski definition) is 8. The molecule has 0 saturated heterocycles. The number of nitrogens with zero attached hydrogens (tertiary/aromatic N) is 6. The monoisotopic (exact) mass is 341 g/mol. The first-order valence-electron chi connectivity index (χ1n) is 7.80. The summed E-state index contributed by atoms with van der Waals surface area (Å²) in [4.78, 5) is 19.1. The van der Waals surface area contributed by atoms with Gasteiger partial charge in [-0.3, -0.25) is 0 Å². The van der Waals surface area contributed by atoms with Gasteiger partial charge in [-0.2, -0.15) is 20.2 Å². The van der Waals surface area contributed by atoms with Gasteiger partial charge in [0.15, 0.2) is 0 Å². The molecule has 1 aliphatic carbocycles. The van der Waals surface area contributed by atoms with Crippen LogP contribution in [-0.4, -0.2) is 34.0 Å². The molecule has 24 heavy (non-hydrogen) atoms. The van der Waals surface area contributed by atoms with Crippen molar-refractivity contribution in [2.24, 2.45) is 0 Å². The van der Waals surface area contributed by atoms with Gasteiger partial charge in [0.25, 0.3) is 0 Å². The second kappa shape index (κ2) is 7.01. The minimum absolute atomic E-state index is 0.197. The molecule has 2 heterocycles. The zero-order chi connectivity index (χ0) is 17.1. The Morgan fingerprint density at radius 3 is 2.75 bits per heavy atom. The third kappa shape index (κ3) is 3.57. The molecule has 0 fully saturated rings. The molecule has 0 unspecified atom stereocenters. The van der Waals surface area contributed by atoms with Crippen molar-refractivity contribution in [2.75, 3.05) is 24.7 Å². The van der Waals surface area contributed by atoms with Crippen molar-refractivity contribution in [1.29, 1.82) is 5.26 Å². The van der Waals surface area contributed by atoms with Gasteiger partial charge in [0.1, 0.15) is 16.9 Å². The van der Waals surface area contributed by atoms with Gasteiger partial charge in [0.05, 0.1) is 11.3 Å². The number of nitrogen functional groups attached to an aromatic ring is 1. The fraction of sp³-hybridized carbons (Fsp3) is 0.438.